The summed E-state index contributed by atoms with van der Waals surface area (Å²) in [4.78, 5) is 11.1. The first-order valence-corrected chi connectivity index (χ1v) is 3.75. The van der Waals surface area contributed by atoms with Crippen LogP contribution in [0.25, 0.3) is 0 Å². The molecule has 0 amide bonds. The number of rotatable bonds is 2. The smallest absolute Gasteiger partial charge is 0.138 e. The molecule has 9 heavy (non-hydrogen) atoms. The highest BCUT2D eigenvalue weighted by Crippen LogP contribution is 2.29. The van der Waals surface area contributed by atoms with Gasteiger partial charge in [-0.1, -0.05) is 20.3 Å². The summed E-state index contributed by atoms with van der Waals surface area (Å²) in [5, 5.41) is 0. The fraction of sp³-hybridized carbons (Fsp3) is 0.875. The lowest BCUT2D eigenvalue weighted by Crippen LogP contribution is -2.25. The molecule has 1 rings (SSSR count). The zero-order chi connectivity index (χ0) is 6.85. The molecular weight excluding hydrogens is 112 g/mol. The first kappa shape index (κ1) is 6.79. The van der Waals surface area contributed by atoms with E-state index in [9.17, 15) is 4.79 Å². The summed E-state index contributed by atoms with van der Waals surface area (Å²) < 4.78 is 0. The molecule has 0 heterocycles. The number of carbonyl (C=O) groups excluding carboxylic acids is 1. The van der Waals surface area contributed by atoms with Crippen LogP contribution in [0.2, 0.25) is 0 Å². The summed E-state index contributed by atoms with van der Waals surface area (Å²) in [6.45, 7) is 3.97. The number of carbonyl (C=O) groups is 1. The average molecular weight is 126 g/mol. The van der Waals surface area contributed by atoms with Gasteiger partial charge in [-0.3, -0.25) is 4.79 Å². The van der Waals surface area contributed by atoms with Crippen LogP contribution in [-0.2, 0) is 4.79 Å². The van der Waals surface area contributed by atoms with Crippen LogP contribution in [0.3, 0.4) is 0 Å². The van der Waals surface area contributed by atoms with E-state index in [1.54, 1.807) is 0 Å². The molecule has 0 aromatic heterocycles. The summed E-state index contributed by atoms with van der Waals surface area (Å²) in [6.07, 6.45) is 3.57. The quantitative estimate of drug-likeness (QED) is 0.553. The molecule has 0 N–H and O–H groups in total. The third kappa shape index (κ3) is 1.32. The third-order valence-corrected chi connectivity index (χ3v) is 2.08. The number of ketones is 1. The highest BCUT2D eigenvalue weighted by atomic mass is 16.1. The van der Waals surface area contributed by atoms with Crippen molar-refractivity contribution in [3.8, 4) is 0 Å². The van der Waals surface area contributed by atoms with Crippen molar-refractivity contribution in [1.82, 2.24) is 0 Å². The molecule has 0 aromatic carbocycles. The van der Waals surface area contributed by atoms with E-state index in [2.05, 4.69) is 0 Å². The maximum Gasteiger partial charge on any atom is 0.138 e. The Morgan fingerprint density at radius 2 is 2.00 bits per heavy atom. The lowest BCUT2D eigenvalue weighted by Gasteiger charge is -2.25. The second-order valence-electron chi connectivity index (χ2n) is 3.18. The van der Waals surface area contributed by atoms with E-state index in [0.29, 0.717) is 11.7 Å². The van der Waals surface area contributed by atoms with Crippen molar-refractivity contribution >= 4 is 5.78 Å². The normalized spacial score (nSPS) is 19.9. The first-order chi connectivity index (χ1) is 4.22. The fourth-order valence-corrected chi connectivity index (χ4v) is 1.16. The fourth-order valence-electron chi connectivity index (χ4n) is 1.16. The molecule has 1 aliphatic rings. The van der Waals surface area contributed by atoms with Gasteiger partial charge >= 0.3 is 0 Å². The molecule has 0 bridgehead atoms. The van der Waals surface area contributed by atoms with Crippen LogP contribution in [0.1, 0.15) is 33.1 Å². The van der Waals surface area contributed by atoms with Crippen molar-refractivity contribution in [2.24, 2.45) is 11.8 Å². The van der Waals surface area contributed by atoms with Crippen LogP contribution in [0.4, 0.5) is 0 Å². The molecule has 0 aromatic rings. The van der Waals surface area contributed by atoms with E-state index in [1.165, 1.54) is 6.42 Å². The highest BCUT2D eigenvalue weighted by molar-refractivity contribution is 5.83. The van der Waals surface area contributed by atoms with E-state index < -0.39 is 0 Å². The molecular formula is C8H14O. The lowest BCUT2D eigenvalue weighted by molar-refractivity contribution is -0.128. The van der Waals surface area contributed by atoms with E-state index in [4.69, 9.17) is 0 Å². The van der Waals surface area contributed by atoms with Gasteiger partial charge < -0.3 is 0 Å². The van der Waals surface area contributed by atoms with Crippen LogP contribution in [0.5, 0.6) is 0 Å². The summed E-state index contributed by atoms with van der Waals surface area (Å²) in [5.74, 6) is 1.17. The van der Waals surface area contributed by atoms with Crippen LogP contribution < -0.4 is 0 Å². The zero-order valence-electron chi connectivity index (χ0n) is 6.18. The van der Waals surface area contributed by atoms with Gasteiger partial charge in [-0.05, 0) is 12.8 Å². The van der Waals surface area contributed by atoms with E-state index in [-0.39, 0.29) is 5.92 Å². The maximum absolute atomic E-state index is 11.1. The van der Waals surface area contributed by atoms with Crippen LogP contribution in [-0.4, -0.2) is 5.78 Å². The summed E-state index contributed by atoms with van der Waals surface area (Å²) >= 11 is 0. The Balaban J connectivity index is 2.32. The monoisotopic (exact) mass is 126 g/mol. The Labute approximate surface area is 56.4 Å². The molecule has 1 fully saturated rings. The van der Waals surface area contributed by atoms with Crippen molar-refractivity contribution in [3.63, 3.8) is 0 Å². The average Bonchev–Trinajstić information content (AvgIpc) is 1.60. The van der Waals surface area contributed by atoms with Crippen molar-refractivity contribution in [3.05, 3.63) is 0 Å². The highest BCUT2D eigenvalue weighted by Gasteiger charge is 2.26. The molecule has 0 aliphatic heterocycles. The minimum atomic E-state index is 0.260. The molecule has 0 spiro atoms. The second-order valence-corrected chi connectivity index (χ2v) is 3.18. The lowest BCUT2D eigenvalue weighted by atomic mass is 9.79. The minimum absolute atomic E-state index is 0.260. The van der Waals surface area contributed by atoms with Crippen molar-refractivity contribution in [2.75, 3.05) is 0 Å². The van der Waals surface area contributed by atoms with Gasteiger partial charge in [0.1, 0.15) is 5.78 Å². The Kier molecular flexibility index (Phi) is 1.89. The maximum atomic E-state index is 11.1. The van der Waals surface area contributed by atoms with E-state index in [0.717, 1.165) is 12.8 Å². The summed E-state index contributed by atoms with van der Waals surface area (Å²) in [6, 6.07) is 0. The van der Waals surface area contributed by atoms with Gasteiger partial charge in [0.2, 0.25) is 0 Å². The Morgan fingerprint density at radius 3 is 2.11 bits per heavy atom. The second kappa shape index (κ2) is 2.51. The zero-order valence-corrected chi connectivity index (χ0v) is 6.18. The van der Waals surface area contributed by atoms with E-state index in [1.807, 2.05) is 13.8 Å². The Bertz CT molecular complexity index is 112. The van der Waals surface area contributed by atoms with Gasteiger partial charge in [0.05, 0.1) is 0 Å². The predicted molar refractivity (Wildman–Crippen MR) is 37.2 cm³/mol. The van der Waals surface area contributed by atoms with Gasteiger partial charge in [-0.25, -0.2) is 0 Å². The largest absolute Gasteiger partial charge is 0.299 e. The van der Waals surface area contributed by atoms with Crippen LogP contribution in [0, 0.1) is 11.8 Å². The minimum Gasteiger partial charge on any atom is -0.299 e. The van der Waals surface area contributed by atoms with Crippen molar-refractivity contribution in [1.29, 1.82) is 0 Å². The van der Waals surface area contributed by atoms with Gasteiger partial charge in [0.15, 0.2) is 0 Å². The SMILES string of the molecule is CC(C)C(=O)C1CCC1. The number of hydrogen-bond acceptors (Lipinski definition) is 1. The molecule has 52 valence electrons. The van der Waals surface area contributed by atoms with Crippen molar-refractivity contribution in [2.45, 2.75) is 33.1 Å². The van der Waals surface area contributed by atoms with E-state index >= 15 is 0 Å². The molecule has 0 unspecified atom stereocenters. The summed E-state index contributed by atoms with van der Waals surface area (Å²) in [7, 11) is 0. The molecule has 0 radical (unpaired) electrons. The number of Topliss-reactive ketones (excluding diaryl/α,β-unsaturated/α-hetero) is 1. The van der Waals surface area contributed by atoms with Crippen LogP contribution >= 0.6 is 0 Å². The van der Waals surface area contributed by atoms with Gasteiger partial charge in [0.25, 0.3) is 0 Å². The molecule has 1 heteroatoms. The molecule has 1 aliphatic carbocycles. The van der Waals surface area contributed by atoms with Gasteiger partial charge in [0, 0.05) is 11.8 Å². The standard InChI is InChI=1S/C8H14O/c1-6(2)8(9)7-4-3-5-7/h6-7H,3-5H2,1-2H3. The van der Waals surface area contributed by atoms with Crippen molar-refractivity contribution < 1.29 is 4.79 Å². The Hall–Kier alpha value is -0.330. The number of hydrogen-bond donors (Lipinski definition) is 0. The molecule has 1 saturated carbocycles. The van der Waals surface area contributed by atoms with Gasteiger partial charge in [-0.2, -0.15) is 0 Å². The molecule has 0 atom stereocenters. The van der Waals surface area contributed by atoms with Crippen LogP contribution in [0.15, 0.2) is 0 Å². The molecule has 0 saturated heterocycles. The molecule has 1 nitrogen and oxygen atoms in total. The predicted octanol–water partition coefficient (Wildman–Crippen LogP) is 2.01. The Morgan fingerprint density at radius 1 is 1.44 bits per heavy atom. The third-order valence-electron chi connectivity index (χ3n) is 2.08. The first-order valence-electron chi connectivity index (χ1n) is 3.75. The van der Waals surface area contributed by atoms with Gasteiger partial charge in [-0.15, -0.1) is 0 Å². The topological polar surface area (TPSA) is 17.1 Å². The summed E-state index contributed by atoms with van der Waals surface area (Å²) in [5.41, 5.74) is 0.